The van der Waals surface area contributed by atoms with E-state index in [1.54, 1.807) is 44.6 Å². The van der Waals surface area contributed by atoms with Gasteiger partial charge in [0, 0.05) is 18.4 Å². The molecule has 1 atom stereocenters. The van der Waals surface area contributed by atoms with E-state index >= 15 is 0 Å². The van der Waals surface area contributed by atoms with Crippen LogP contribution in [0.2, 0.25) is 0 Å². The maximum atomic E-state index is 14.7. The van der Waals surface area contributed by atoms with Gasteiger partial charge in [-0.05, 0) is 42.0 Å². The van der Waals surface area contributed by atoms with Gasteiger partial charge in [-0.3, -0.25) is 9.69 Å². The third-order valence-electron chi connectivity index (χ3n) is 4.96. The highest BCUT2D eigenvalue weighted by Crippen LogP contribution is 2.38. The van der Waals surface area contributed by atoms with Gasteiger partial charge >= 0.3 is 0 Å². The van der Waals surface area contributed by atoms with Gasteiger partial charge in [-0.15, -0.1) is 0 Å². The van der Waals surface area contributed by atoms with Crippen molar-refractivity contribution in [3.8, 4) is 5.75 Å². The van der Waals surface area contributed by atoms with Gasteiger partial charge in [-0.2, -0.15) is 0 Å². The lowest BCUT2D eigenvalue weighted by Crippen LogP contribution is -2.43. The minimum Gasteiger partial charge on any atom is -0.496 e. The molecule has 0 bridgehead atoms. The van der Waals surface area contributed by atoms with E-state index in [4.69, 9.17) is 9.47 Å². The molecule has 0 fully saturated rings. The number of amides is 1. The van der Waals surface area contributed by atoms with Crippen molar-refractivity contribution in [2.45, 2.75) is 12.8 Å². The Morgan fingerprint density at radius 1 is 1.03 bits per heavy atom. The molecule has 5 nitrogen and oxygen atoms in total. The number of nitrogens with one attached hydrogen (secondary N) is 1. The lowest BCUT2D eigenvalue weighted by atomic mass is 10.0. The van der Waals surface area contributed by atoms with Crippen LogP contribution in [0.4, 0.5) is 15.8 Å². The second kappa shape index (κ2) is 7.93. The SMILES string of the molecule is COCc1cc([C@H]2Nc3ccccc3C(=O)N2c2ccccc2F)ccc1OC. The number of carbonyl (C=O) groups is 1. The predicted octanol–water partition coefficient (Wildman–Crippen LogP) is 4.75. The number of fused-ring (bicyclic) bond motifs is 1. The molecular formula is C23H21FN2O3. The number of benzene rings is 3. The number of anilines is 2. The Bertz CT molecular complexity index is 1050. The molecule has 1 N–H and O–H groups in total. The third-order valence-corrected chi connectivity index (χ3v) is 4.96. The number of hydrogen-bond donors (Lipinski definition) is 1. The summed E-state index contributed by atoms with van der Waals surface area (Å²) in [6.45, 7) is 0.355. The normalized spacial score (nSPS) is 15.6. The summed E-state index contributed by atoms with van der Waals surface area (Å²) < 4.78 is 25.4. The first-order valence-electron chi connectivity index (χ1n) is 9.23. The van der Waals surface area contributed by atoms with E-state index in [1.807, 2.05) is 30.3 Å². The van der Waals surface area contributed by atoms with Gasteiger partial charge < -0.3 is 14.8 Å². The maximum Gasteiger partial charge on any atom is 0.262 e. The van der Waals surface area contributed by atoms with E-state index in [2.05, 4.69) is 5.32 Å². The zero-order valence-corrected chi connectivity index (χ0v) is 16.2. The van der Waals surface area contributed by atoms with Gasteiger partial charge in [0.15, 0.2) is 0 Å². The molecule has 0 spiro atoms. The molecule has 6 heteroatoms. The first kappa shape index (κ1) is 19.0. The maximum absolute atomic E-state index is 14.7. The first-order chi connectivity index (χ1) is 14.1. The zero-order valence-electron chi connectivity index (χ0n) is 16.2. The molecule has 0 aliphatic carbocycles. The lowest BCUT2D eigenvalue weighted by Gasteiger charge is -2.38. The minimum atomic E-state index is -0.587. The van der Waals surface area contributed by atoms with Crippen molar-refractivity contribution in [1.82, 2.24) is 0 Å². The van der Waals surface area contributed by atoms with Crippen LogP contribution in [-0.2, 0) is 11.3 Å². The van der Waals surface area contributed by atoms with Gasteiger partial charge in [0.05, 0.1) is 25.0 Å². The standard InChI is InChI=1S/C23H21FN2O3/c1-28-14-16-13-15(11-12-21(16)29-2)22-25-19-9-5-3-7-17(19)23(27)26(22)20-10-6-4-8-18(20)24/h3-13,22,25H,14H2,1-2H3/t22-/m0/s1. The van der Waals surface area contributed by atoms with Crippen LogP contribution in [0.25, 0.3) is 0 Å². The molecule has 0 unspecified atom stereocenters. The summed E-state index contributed by atoms with van der Waals surface area (Å²) in [4.78, 5) is 14.8. The molecule has 1 amide bonds. The zero-order chi connectivity index (χ0) is 20.4. The second-order valence-electron chi connectivity index (χ2n) is 6.72. The summed E-state index contributed by atoms with van der Waals surface area (Å²) in [5, 5.41) is 3.38. The molecule has 0 aromatic heterocycles. The van der Waals surface area contributed by atoms with Crippen molar-refractivity contribution in [3.05, 3.63) is 89.2 Å². The Balaban J connectivity index is 1.86. The van der Waals surface area contributed by atoms with E-state index < -0.39 is 12.0 Å². The number of para-hydroxylation sites is 2. The highest BCUT2D eigenvalue weighted by molar-refractivity contribution is 6.12. The van der Waals surface area contributed by atoms with Crippen LogP contribution in [0.1, 0.15) is 27.7 Å². The fourth-order valence-electron chi connectivity index (χ4n) is 3.62. The summed E-state index contributed by atoms with van der Waals surface area (Å²) in [5.41, 5.74) is 3.06. The smallest absolute Gasteiger partial charge is 0.262 e. The summed E-state index contributed by atoms with van der Waals surface area (Å²) >= 11 is 0. The lowest BCUT2D eigenvalue weighted by molar-refractivity contribution is 0.0974. The number of rotatable bonds is 5. The Morgan fingerprint density at radius 2 is 1.79 bits per heavy atom. The summed E-state index contributed by atoms with van der Waals surface area (Å²) in [7, 11) is 3.20. The van der Waals surface area contributed by atoms with Crippen LogP contribution in [0.5, 0.6) is 5.75 Å². The Morgan fingerprint density at radius 3 is 2.55 bits per heavy atom. The fourth-order valence-corrected chi connectivity index (χ4v) is 3.62. The largest absolute Gasteiger partial charge is 0.496 e. The second-order valence-corrected chi connectivity index (χ2v) is 6.72. The van der Waals surface area contributed by atoms with Gasteiger partial charge in [0.2, 0.25) is 0 Å². The summed E-state index contributed by atoms with van der Waals surface area (Å²) in [6, 6.07) is 19.1. The quantitative estimate of drug-likeness (QED) is 0.681. The van der Waals surface area contributed by atoms with Crippen LogP contribution in [-0.4, -0.2) is 20.1 Å². The van der Waals surface area contributed by atoms with Gasteiger partial charge in [0.1, 0.15) is 17.7 Å². The van der Waals surface area contributed by atoms with E-state index in [1.165, 1.54) is 11.0 Å². The number of ether oxygens (including phenoxy) is 2. The number of nitrogens with zero attached hydrogens (tertiary/aromatic N) is 1. The fraction of sp³-hybridized carbons (Fsp3) is 0.174. The van der Waals surface area contributed by atoms with Crippen LogP contribution in [0, 0.1) is 5.82 Å². The van der Waals surface area contributed by atoms with E-state index in [-0.39, 0.29) is 11.6 Å². The van der Waals surface area contributed by atoms with Crippen molar-refractivity contribution in [3.63, 3.8) is 0 Å². The third kappa shape index (κ3) is 3.43. The Labute approximate surface area is 168 Å². The van der Waals surface area contributed by atoms with Crippen molar-refractivity contribution in [2.75, 3.05) is 24.4 Å². The van der Waals surface area contributed by atoms with Crippen molar-refractivity contribution in [1.29, 1.82) is 0 Å². The molecule has 3 aromatic carbocycles. The van der Waals surface area contributed by atoms with E-state index in [0.29, 0.717) is 23.6 Å². The predicted molar refractivity (Wildman–Crippen MR) is 110 cm³/mol. The molecule has 4 rings (SSSR count). The number of carbonyl (C=O) groups excluding carboxylic acids is 1. The highest BCUT2D eigenvalue weighted by Gasteiger charge is 2.35. The molecule has 0 saturated heterocycles. The molecule has 1 heterocycles. The average Bonchev–Trinajstić information content (AvgIpc) is 2.75. The van der Waals surface area contributed by atoms with Gasteiger partial charge in [-0.25, -0.2) is 4.39 Å². The number of methoxy groups -OCH3 is 2. The first-order valence-corrected chi connectivity index (χ1v) is 9.23. The van der Waals surface area contributed by atoms with Crippen molar-refractivity contribution < 1.29 is 18.7 Å². The van der Waals surface area contributed by atoms with Crippen LogP contribution >= 0.6 is 0 Å². The number of hydrogen-bond acceptors (Lipinski definition) is 4. The molecule has 3 aromatic rings. The topological polar surface area (TPSA) is 50.8 Å². The molecule has 29 heavy (non-hydrogen) atoms. The average molecular weight is 392 g/mol. The monoisotopic (exact) mass is 392 g/mol. The summed E-state index contributed by atoms with van der Waals surface area (Å²) in [5.74, 6) is -0.0354. The molecule has 0 radical (unpaired) electrons. The van der Waals surface area contributed by atoms with E-state index in [0.717, 1.165) is 11.1 Å². The highest BCUT2D eigenvalue weighted by atomic mass is 19.1. The molecule has 148 valence electrons. The van der Waals surface area contributed by atoms with Crippen molar-refractivity contribution >= 4 is 17.3 Å². The van der Waals surface area contributed by atoms with Crippen LogP contribution < -0.4 is 15.0 Å². The summed E-state index contributed by atoms with van der Waals surface area (Å²) in [6.07, 6.45) is -0.587. The van der Waals surface area contributed by atoms with Crippen LogP contribution in [0.3, 0.4) is 0 Å². The Kier molecular flexibility index (Phi) is 5.18. The molecule has 1 aliphatic rings. The molecular weight excluding hydrogens is 371 g/mol. The van der Waals surface area contributed by atoms with Gasteiger partial charge in [-0.1, -0.05) is 30.3 Å². The molecule has 1 aliphatic heterocycles. The number of halogens is 1. The van der Waals surface area contributed by atoms with Gasteiger partial charge in [0.25, 0.3) is 5.91 Å². The van der Waals surface area contributed by atoms with Crippen LogP contribution in [0.15, 0.2) is 66.7 Å². The minimum absolute atomic E-state index is 0.216. The van der Waals surface area contributed by atoms with Crippen molar-refractivity contribution in [2.24, 2.45) is 0 Å². The Hall–Kier alpha value is -3.38. The molecule has 0 saturated carbocycles. The van der Waals surface area contributed by atoms with E-state index in [9.17, 15) is 9.18 Å².